The van der Waals surface area contributed by atoms with Crippen LogP contribution in [0.15, 0.2) is 60.7 Å². The second-order valence-corrected chi connectivity index (χ2v) is 6.57. The molecule has 146 valence electrons. The molecule has 2 aromatic rings. The van der Waals surface area contributed by atoms with Crippen LogP contribution in [-0.4, -0.2) is 25.2 Å². The molecule has 2 aromatic carbocycles. The van der Waals surface area contributed by atoms with Crippen molar-refractivity contribution in [2.45, 2.75) is 26.2 Å². The normalized spacial score (nSPS) is 17.7. The molecule has 0 aromatic heterocycles. The van der Waals surface area contributed by atoms with Gasteiger partial charge in [0.25, 0.3) is 0 Å². The first-order valence-electron chi connectivity index (χ1n) is 9.41. The van der Waals surface area contributed by atoms with E-state index in [9.17, 15) is 14.0 Å². The van der Waals surface area contributed by atoms with Crippen molar-refractivity contribution in [2.75, 3.05) is 13.2 Å². The Labute approximate surface area is 164 Å². The molecule has 0 spiro atoms. The van der Waals surface area contributed by atoms with Gasteiger partial charge in [0.1, 0.15) is 5.82 Å². The first kappa shape index (κ1) is 19.8. The molecule has 1 unspecified atom stereocenters. The lowest BCUT2D eigenvalue weighted by Crippen LogP contribution is -2.45. The lowest BCUT2D eigenvalue weighted by atomic mass is 9.69. The summed E-state index contributed by atoms with van der Waals surface area (Å²) in [5.74, 6) is -2.21. The maximum Gasteiger partial charge on any atom is 0.328 e. The molecule has 0 saturated heterocycles. The van der Waals surface area contributed by atoms with Gasteiger partial charge in [-0.15, -0.1) is 0 Å². The highest BCUT2D eigenvalue weighted by molar-refractivity contribution is 6.14. The molecule has 0 saturated carbocycles. The van der Waals surface area contributed by atoms with Crippen LogP contribution in [0.3, 0.4) is 0 Å². The average Bonchev–Trinajstić information content (AvgIpc) is 3.11. The Morgan fingerprint density at radius 3 is 2.07 bits per heavy atom. The monoisotopic (exact) mass is 382 g/mol. The third kappa shape index (κ3) is 3.33. The Kier molecular flexibility index (Phi) is 5.93. The van der Waals surface area contributed by atoms with Crippen molar-refractivity contribution in [3.8, 4) is 0 Å². The zero-order valence-electron chi connectivity index (χ0n) is 16.0. The molecule has 3 rings (SSSR count). The molecule has 0 fully saturated rings. The molecule has 0 heterocycles. The Morgan fingerprint density at radius 1 is 0.964 bits per heavy atom. The number of allylic oxidation sites excluding steroid dienone is 1. The minimum absolute atomic E-state index is 0.137. The van der Waals surface area contributed by atoms with Gasteiger partial charge in [-0.2, -0.15) is 0 Å². The summed E-state index contributed by atoms with van der Waals surface area (Å²) < 4.78 is 24.2. The Balaban J connectivity index is 2.21. The minimum Gasteiger partial charge on any atom is -0.465 e. The van der Waals surface area contributed by atoms with Crippen LogP contribution in [0.1, 0.15) is 37.3 Å². The summed E-state index contributed by atoms with van der Waals surface area (Å²) in [5, 5.41) is 0. The third-order valence-corrected chi connectivity index (χ3v) is 5.06. The van der Waals surface area contributed by atoms with Crippen LogP contribution in [0.5, 0.6) is 0 Å². The molecule has 1 aliphatic carbocycles. The molecule has 0 radical (unpaired) electrons. The highest BCUT2D eigenvalue weighted by atomic mass is 19.1. The van der Waals surface area contributed by atoms with Gasteiger partial charge in [0.15, 0.2) is 5.41 Å². The highest BCUT2D eigenvalue weighted by Gasteiger charge is 2.60. The van der Waals surface area contributed by atoms with Crippen LogP contribution in [0.2, 0.25) is 0 Å². The number of hydrogen-bond donors (Lipinski definition) is 0. The number of halogens is 1. The maximum absolute atomic E-state index is 13.5. The van der Waals surface area contributed by atoms with Gasteiger partial charge in [-0.3, -0.25) is 9.59 Å². The van der Waals surface area contributed by atoms with E-state index in [0.717, 1.165) is 5.56 Å². The molecule has 4 nitrogen and oxygen atoms in total. The van der Waals surface area contributed by atoms with Crippen molar-refractivity contribution >= 4 is 17.5 Å². The summed E-state index contributed by atoms with van der Waals surface area (Å²) in [6, 6.07) is 15.1. The van der Waals surface area contributed by atoms with Crippen molar-refractivity contribution in [1.29, 1.82) is 0 Å². The van der Waals surface area contributed by atoms with E-state index in [4.69, 9.17) is 9.47 Å². The highest BCUT2D eigenvalue weighted by Crippen LogP contribution is 2.55. The number of hydrogen-bond acceptors (Lipinski definition) is 4. The van der Waals surface area contributed by atoms with Crippen LogP contribution in [-0.2, 0) is 19.1 Å². The van der Waals surface area contributed by atoms with Gasteiger partial charge in [-0.05, 0) is 49.1 Å². The fraction of sp³-hybridized carbons (Fsp3) is 0.304. The van der Waals surface area contributed by atoms with E-state index in [1.54, 1.807) is 26.0 Å². The lowest BCUT2D eigenvalue weighted by molar-refractivity contribution is -0.168. The molecule has 1 atom stereocenters. The lowest BCUT2D eigenvalue weighted by Gasteiger charge is -2.34. The molecule has 0 bridgehead atoms. The average molecular weight is 382 g/mol. The minimum atomic E-state index is -1.63. The van der Waals surface area contributed by atoms with Gasteiger partial charge < -0.3 is 9.47 Å². The van der Waals surface area contributed by atoms with Crippen molar-refractivity contribution in [3.05, 3.63) is 77.6 Å². The quantitative estimate of drug-likeness (QED) is 0.545. The fourth-order valence-electron chi connectivity index (χ4n) is 3.88. The maximum atomic E-state index is 13.5. The van der Waals surface area contributed by atoms with Crippen LogP contribution in [0.25, 0.3) is 5.57 Å². The molecule has 1 aliphatic rings. The molecule has 0 N–H and O–H groups in total. The van der Waals surface area contributed by atoms with Crippen molar-refractivity contribution < 1.29 is 23.5 Å². The van der Waals surface area contributed by atoms with Gasteiger partial charge in [0, 0.05) is 5.92 Å². The Hall–Kier alpha value is -2.95. The summed E-state index contributed by atoms with van der Waals surface area (Å²) in [5.41, 5.74) is 0.378. The largest absolute Gasteiger partial charge is 0.465 e. The first-order chi connectivity index (χ1) is 13.6. The van der Waals surface area contributed by atoms with E-state index in [-0.39, 0.29) is 19.0 Å². The van der Waals surface area contributed by atoms with Gasteiger partial charge in [-0.25, -0.2) is 4.39 Å². The van der Waals surface area contributed by atoms with Crippen LogP contribution >= 0.6 is 0 Å². The van der Waals surface area contributed by atoms with Gasteiger partial charge in [0.2, 0.25) is 0 Å². The summed E-state index contributed by atoms with van der Waals surface area (Å²) in [4.78, 5) is 26.6. The Morgan fingerprint density at radius 2 is 1.54 bits per heavy atom. The van der Waals surface area contributed by atoms with Gasteiger partial charge in [0.05, 0.1) is 13.2 Å². The van der Waals surface area contributed by atoms with Crippen LogP contribution < -0.4 is 0 Å². The first-order valence-corrected chi connectivity index (χ1v) is 9.41. The smallest absolute Gasteiger partial charge is 0.328 e. The summed E-state index contributed by atoms with van der Waals surface area (Å²) >= 11 is 0. The van der Waals surface area contributed by atoms with Crippen LogP contribution in [0, 0.1) is 11.2 Å². The van der Waals surface area contributed by atoms with E-state index >= 15 is 0 Å². The van der Waals surface area contributed by atoms with E-state index < -0.39 is 23.3 Å². The van der Waals surface area contributed by atoms with Crippen molar-refractivity contribution in [3.63, 3.8) is 0 Å². The van der Waals surface area contributed by atoms with Crippen molar-refractivity contribution in [2.24, 2.45) is 5.41 Å². The number of carbonyl (C=O) groups excluding carboxylic acids is 2. The van der Waals surface area contributed by atoms with Gasteiger partial charge in [-0.1, -0.05) is 48.5 Å². The van der Waals surface area contributed by atoms with E-state index in [1.807, 2.05) is 36.4 Å². The van der Waals surface area contributed by atoms with E-state index in [2.05, 4.69) is 0 Å². The predicted octanol–water partition coefficient (Wildman–Crippen LogP) is 4.51. The van der Waals surface area contributed by atoms with Crippen molar-refractivity contribution in [1.82, 2.24) is 0 Å². The van der Waals surface area contributed by atoms with Gasteiger partial charge >= 0.3 is 11.9 Å². The summed E-state index contributed by atoms with van der Waals surface area (Å²) in [7, 11) is 0. The molecule has 5 heteroatoms. The predicted molar refractivity (Wildman–Crippen MR) is 104 cm³/mol. The molecular formula is C23H23FO4. The SMILES string of the molecule is CCOC(=O)C1(C(=O)OCC)C(c2ccccc2)=CCC1c1ccc(F)cc1. The summed E-state index contributed by atoms with van der Waals surface area (Å²) in [6.07, 6.45) is 2.32. The standard InChI is InChI=1S/C23H23FO4/c1-3-27-21(25)23(22(26)28-4-2)19(16-8-6-5-7-9-16)14-15-20(23)17-10-12-18(24)13-11-17/h5-14,20H,3-4,15H2,1-2H3. The molecular weight excluding hydrogens is 359 g/mol. The summed E-state index contributed by atoms with van der Waals surface area (Å²) in [6.45, 7) is 3.67. The Bertz CT molecular complexity index is 853. The zero-order valence-corrected chi connectivity index (χ0v) is 16.0. The second kappa shape index (κ2) is 8.38. The van der Waals surface area contributed by atoms with Crippen LogP contribution in [0.4, 0.5) is 4.39 Å². The zero-order chi connectivity index (χ0) is 20.1. The molecule has 28 heavy (non-hydrogen) atoms. The number of carbonyl (C=O) groups is 2. The molecule has 0 aliphatic heterocycles. The number of rotatable bonds is 6. The van der Waals surface area contributed by atoms with E-state index in [0.29, 0.717) is 17.6 Å². The second-order valence-electron chi connectivity index (χ2n) is 6.57. The molecule has 0 amide bonds. The topological polar surface area (TPSA) is 52.6 Å². The number of benzene rings is 2. The number of ether oxygens (including phenoxy) is 2. The van der Waals surface area contributed by atoms with E-state index in [1.165, 1.54) is 12.1 Å². The third-order valence-electron chi connectivity index (χ3n) is 5.06. The number of esters is 2. The fourth-order valence-corrected chi connectivity index (χ4v) is 3.88.